The third-order valence-electron chi connectivity index (χ3n) is 3.68. The topological polar surface area (TPSA) is 69.9 Å². The van der Waals surface area contributed by atoms with Gasteiger partial charge in [0.25, 0.3) is 0 Å². The minimum absolute atomic E-state index is 0.0410. The highest BCUT2D eigenvalue weighted by atomic mass is 16.5. The van der Waals surface area contributed by atoms with Gasteiger partial charge in [0.2, 0.25) is 0 Å². The molecular formula is C17H16N4O2. The van der Waals surface area contributed by atoms with Crippen LogP contribution in [0.3, 0.4) is 0 Å². The smallest absolute Gasteiger partial charge is 0.337 e. The zero-order chi connectivity index (χ0) is 16.2. The van der Waals surface area contributed by atoms with Gasteiger partial charge in [-0.05, 0) is 30.7 Å². The van der Waals surface area contributed by atoms with Crippen LogP contribution in [0.1, 0.15) is 28.9 Å². The molecule has 0 bridgehead atoms. The maximum Gasteiger partial charge on any atom is 0.337 e. The molecule has 23 heavy (non-hydrogen) atoms. The molecule has 116 valence electrons. The minimum atomic E-state index is -0.356. The molecule has 1 atom stereocenters. The van der Waals surface area contributed by atoms with Crippen LogP contribution >= 0.6 is 0 Å². The number of aromatic nitrogens is 4. The van der Waals surface area contributed by atoms with Gasteiger partial charge < -0.3 is 4.74 Å². The fraction of sp³-hybridized carbons (Fsp3) is 0.176. The molecule has 0 saturated heterocycles. The number of carbonyl (C=O) groups is 1. The maximum atomic E-state index is 11.5. The highest BCUT2D eigenvalue weighted by molar-refractivity contribution is 5.89. The first kappa shape index (κ1) is 14.9. The molecule has 0 N–H and O–H groups in total. The SMILES string of the molecule is COC(=O)c1ccc(-c2cn([C@@H](C)c3cccnc3)nn2)cc1. The normalized spacial score (nSPS) is 11.9. The lowest BCUT2D eigenvalue weighted by molar-refractivity contribution is 0.0601. The van der Waals surface area contributed by atoms with Gasteiger partial charge in [0.05, 0.1) is 24.9 Å². The lowest BCUT2D eigenvalue weighted by Crippen LogP contribution is -2.07. The van der Waals surface area contributed by atoms with Gasteiger partial charge in [0, 0.05) is 18.0 Å². The van der Waals surface area contributed by atoms with Gasteiger partial charge in [-0.25, -0.2) is 9.48 Å². The first-order chi connectivity index (χ1) is 11.2. The first-order valence-corrected chi connectivity index (χ1v) is 7.19. The predicted octanol–water partition coefficient (Wildman–Crippen LogP) is 2.74. The van der Waals surface area contributed by atoms with E-state index in [1.165, 1.54) is 7.11 Å². The summed E-state index contributed by atoms with van der Waals surface area (Å²) >= 11 is 0. The largest absolute Gasteiger partial charge is 0.465 e. The monoisotopic (exact) mass is 308 g/mol. The first-order valence-electron chi connectivity index (χ1n) is 7.19. The highest BCUT2D eigenvalue weighted by Gasteiger charge is 2.12. The molecule has 0 fully saturated rings. The molecule has 0 spiro atoms. The maximum absolute atomic E-state index is 11.5. The molecular weight excluding hydrogens is 292 g/mol. The Balaban J connectivity index is 1.83. The zero-order valence-electron chi connectivity index (χ0n) is 12.9. The molecule has 0 radical (unpaired) electrons. The van der Waals surface area contributed by atoms with E-state index in [9.17, 15) is 4.79 Å². The van der Waals surface area contributed by atoms with E-state index >= 15 is 0 Å². The second kappa shape index (κ2) is 6.39. The van der Waals surface area contributed by atoms with E-state index in [4.69, 9.17) is 0 Å². The summed E-state index contributed by atoms with van der Waals surface area (Å²) in [5.41, 5.74) is 3.21. The summed E-state index contributed by atoms with van der Waals surface area (Å²) in [6, 6.07) is 11.0. The van der Waals surface area contributed by atoms with Crippen molar-refractivity contribution >= 4 is 5.97 Å². The van der Waals surface area contributed by atoms with E-state index in [-0.39, 0.29) is 12.0 Å². The number of hydrogen-bond donors (Lipinski definition) is 0. The highest BCUT2D eigenvalue weighted by Crippen LogP contribution is 2.21. The molecule has 0 aliphatic carbocycles. The molecule has 0 amide bonds. The summed E-state index contributed by atoms with van der Waals surface area (Å²) in [5, 5.41) is 8.39. The van der Waals surface area contributed by atoms with Gasteiger partial charge >= 0.3 is 5.97 Å². The van der Waals surface area contributed by atoms with Crippen molar-refractivity contribution in [2.45, 2.75) is 13.0 Å². The average Bonchev–Trinajstić information content (AvgIpc) is 3.11. The number of hydrogen-bond acceptors (Lipinski definition) is 5. The lowest BCUT2D eigenvalue weighted by Gasteiger charge is -2.10. The second-order valence-corrected chi connectivity index (χ2v) is 5.12. The van der Waals surface area contributed by atoms with Crippen LogP contribution in [0.25, 0.3) is 11.3 Å². The number of ether oxygens (including phenoxy) is 1. The van der Waals surface area contributed by atoms with Crippen LogP contribution < -0.4 is 0 Å². The van der Waals surface area contributed by atoms with Gasteiger partial charge in [-0.2, -0.15) is 0 Å². The summed E-state index contributed by atoms with van der Waals surface area (Å²) in [6.45, 7) is 2.04. The molecule has 2 aromatic heterocycles. The van der Waals surface area contributed by atoms with Crippen LogP contribution in [0.4, 0.5) is 0 Å². The molecule has 3 aromatic rings. The number of rotatable bonds is 4. The molecule has 0 unspecified atom stereocenters. The van der Waals surface area contributed by atoms with Gasteiger partial charge in [0.15, 0.2) is 0 Å². The van der Waals surface area contributed by atoms with Gasteiger partial charge in [-0.15, -0.1) is 5.10 Å². The molecule has 0 saturated carbocycles. The van der Waals surface area contributed by atoms with Crippen molar-refractivity contribution in [2.75, 3.05) is 7.11 Å². The third kappa shape index (κ3) is 3.11. The Morgan fingerprint density at radius 2 is 2.00 bits per heavy atom. The summed E-state index contributed by atoms with van der Waals surface area (Å²) in [7, 11) is 1.36. The third-order valence-corrected chi connectivity index (χ3v) is 3.68. The molecule has 6 nitrogen and oxygen atoms in total. The van der Waals surface area contributed by atoms with E-state index in [1.54, 1.807) is 23.0 Å². The Morgan fingerprint density at radius 1 is 1.22 bits per heavy atom. The number of benzene rings is 1. The summed E-state index contributed by atoms with van der Waals surface area (Å²) in [4.78, 5) is 15.6. The van der Waals surface area contributed by atoms with Crippen molar-refractivity contribution in [3.8, 4) is 11.3 Å². The van der Waals surface area contributed by atoms with Gasteiger partial charge in [0.1, 0.15) is 5.69 Å². The summed E-state index contributed by atoms with van der Waals surface area (Å²) in [5.74, 6) is -0.356. The molecule has 1 aromatic carbocycles. The van der Waals surface area contributed by atoms with Crippen LogP contribution in [0.2, 0.25) is 0 Å². The van der Waals surface area contributed by atoms with Crippen LogP contribution in [0.15, 0.2) is 55.0 Å². The predicted molar refractivity (Wildman–Crippen MR) is 84.8 cm³/mol. The fourth-order valence-corrected chi connectivity index (χ4v) is 2.27. The molecule has 0 aliphatic rings. The Kier molecular flexibility index (Phi) is 4.14. The quantitative estimate of drug-likeness (QED) is 0.693. The zero-order valence-corrected chi connectivity index (χ0v) is 12.9. The molecule has 3 rings (SSSR count). The Bertz CT molecular complexity index is 797. The van der Waals surface area contributed by atoms with E-state index in [0.29, 0.717) is 5.56 Å². The van der Waals surface area contributed by atoms with Crippen molar-refractivity contribution in [1.29, 1.82) is 0 Å². The van der Waals surface area contributed by atoms with E-state index < -0.39 is 0 Å². The number of nitrogens with zero attached hydrogens (tertiary/aromatic N) is 4. The minimum Gasteiger partial charge on any atom is -0.465 e. The molecule has 6 heteroatoms. The van der Waals surface area contributed by atoms with Crippen molar-refractivity contribution in [3.05, 3.63) is 66.1 Å². The Labute approximate surface area is 133 Å². The Morgan fingerprint density at radius 3 is 2.65 bits per heavy atom. The standard InChI is InChI=1S/C17H16N4O2/c1-12(15-4-3-9-18-10-15)21-11-16(19-20-21)13-5-7-14(8-6-13)17(22)23-2/h3-12H,1-2H3/t12-/m0/s1. The van der Waals surface area contributed by atoms with Crippen molar-refractivity contribution in [1.82, 2.24) is 20.0 Å². The summed E-state index contributed by atoms with van der Waals surface area (Å²) < 4.78 is 6.48. The lowest BCUT2D eigenvalue weighted by atomic mass is 10.1. The van der Waals surface area contributed by atoms with Crippen LogP contribution in [-0.4, -0.2) is 33.1 Å². The number of carbonyl (C=O) groups excluding carboxylic acids is 1. The van der Waals surface area contributed by atoms with Crippen molar-refractivity contribution < 1.29 is 9.53 Å². The van der Waals surface area contributed by atoms with Gasteiger partial charge in [-0.1, -0.05) is 23.4 Å². The van der Waals surface area contributed by atoms with Gasteiger partial charge in [-0.3, -0.25) is 4.98 Å². The van der Waals surface area contributed by atoms with Crippen LogP contribution in [-0.2, 0) is 4.74 Å². The Hall–Kier alpha value is -3.02. The number of esters is 1. The van der Waals surface area contributed by atoms with Crippen molar-refractivity contribution in [3.63, 3.8) is 0 Å². The summed E-state index contributed by atoms with van der Waals surface area (Å²) in [6.07, 6.45) is 5.44. The second-order valence-electron chi connectivity index (χ2n) is 5.12. The van der Waals surface area contributed by atoms with Crippen LogP contribution in [0, 0.1) is 0 Å². The number of pyridine rings is 1. The van der Waals surface area contributed by atoms with Crippen molar-refractivity contribution in [2.24, 2.45) is 0 Å². The number of methoxy groups -OCH3 is 1. The van der Waals surface area contributed by atoms with E-state index in [1.807, 2.05) is 43.6 Å². The molecule has 2 heterocycles. The average molecular weight is 308 g/mol. The fourth-order valence-electron chi connectivity index (χ4n) is 2.27. The van der Waals surface area contributed by atoms with E-state index in [2.05, 4.69) is 20.0 Å². The van der Waals surface area contributed by atoms with E-state index in [0.717, 1.165) is 16.8 Å². The molecule has 0 aliphatic heterocycles. The van der Waals surface area contributed by atoms with Crippen LogP contribution in [0.5, 0.6) is 0 Å².